The number of hydrogen-bond donors (Lipinski definition) is 0. The fraction of sp³-hybridized carbons (Fsp3) is 0.500. The van der Waals surface area contributed by atoms with Crippen LogP contribution < -0.4 is 20.9 Å². The summed E-state index contributed by atoms with van der Waals surface area (Å²) < 4.78 is 15.6. The number of nitrogens with zero attached hydrogens (tertiary/aromatic N) is 5. The van der Waals surface area contributed by atoms with Gasteiger partial charge in [-0.1, -0.05) is 6.92 Å². The number of rotatable bonds is 7. The van der Waals surface area contributed by atoms with Gasteiger partial charge in [0.2, 0.25) is 5.95 Å². The summed E-state index contributed by atoms with van der Waals surface area (Å²) in [6.07, 6.45) is 0. The topological polar surface area (TPSA) is 83.5 Å². The maximum atomic E-state index is 13.3. The zero-order chi connectivity index (χ0) is 22.1. The van der Waals surface area contributed by atoms with Crippen molar-refractivity contribution in [2.45, 2.75) is 33.9 Å². The highest BCUT2D eigenvalue weighted by atomic mass is 16.5. The van der Waals surface area contributed by atoms with Gasteiger partial charge in [-0.05, 0) is 44.0 Å². The quantitative estimate of drug-likeness (QED) is 0.537. The Kier molecular flexibility index (Phi) is 5.86. The highest BCUT2D eigenvalue weighted by Crippen LogP contribution is 2.33. The van der Waals surface area contributed by atoms with Crippen molar-refractivity contribution < 1.29 is 9.47 Å². The molecule has 0 aliphatic carbocycles. The molecule has 0 saturated carbocycles. The molecule has 0 saturated heterocycles. The van der Waals surface area contributed by atoms with Gasteiger partial charge < -0.3 is 18.9 Å². The van der Waals surface area contributed by atoms with Gasteiger partial charge in [0.05, 0.1) is 19.8 Å². The molecule has 0 spiro atoms. The Bertz CT molecular complexity index is 1190. The van der Waals surface area contributed by atoms with Crippen LogP contribution in [0, 0.1) is 5.92 Å². The number of hydrogen-bond acceptors (Lipinski definition) is 6. The standard InChI is InChI=1S/C22H29N5O4/c1-5-30-12-11-25-20(28)18-19(24(4)22(25)29)23-21-26(13-15(3)14-27(18)21)16-7-9-17(10-8-16)31-6-2/h7-10,15H,5-6,11-14H2,1-4H3/t15-/m1/s1. The highest BCUT2D eigenvalue weighted by Gasteiger charge is 2.29. The lowest BCUT2D eigenvalue weighted by molar-refractivity contribution is 0.137. The van der Waals surface area contributed by atoms with Gasteiger partial charge in [0.25, 0.3) is 5.56 Å². The number of fused-ring (bicyclic) bond motifs is 3. The van der Waals surface area contributed by atoms with Crippen LogP contribution in [0.3, 0.4) is 0 Å². The molecule has 9 heteroatoms. The first-order chi connectivity index (χ1) is 15.0. The molecular weight excluding hydrogens is 398 g/mol. The molecule has 1 aliphatic rings. The Morgan fingerprint density at radius 3 is 2.52 bits per heavy atom. The molecule has 0 N–H and O–H groups in total. The van der Waals surface area contributed by atoms with Crippen molar-refractivity contribution in [3.63, 3.8) is 0 Å². The maximum absolute atomic E-state index is 13.3. The van der Waals surface area contributed by atoms with Crippen LogP contribution in [0.2, 0.25) is 0 Å². The summed E-state index contributed by atoms with van der Waals surface area (Å²) in [5.41, 5.74) is 1.12. The second-order valence-electron chi connectivity index (χ2n) is 7.83. The first-order valence-corrected chi connectivity index (χ1v) is 10.7. The smallest absolute Gasteiger partial charge is 0.332 e. The lowest BCUT2D eigenvalue weighted by atomic mass is 10.1. The van der Waals surface area contributed by atoms with E-state index in [1.54, 1.807) is 7.05 Å². The molecule has 0 fully saturated rings. The molecule has 0 unspecified atom stereocenters. The molecule has 4 rings (SSSR count). The summed E-state index contributed by atoms with van der Waals surface area (Å²) in [6, 6.07) is 7.85. The van der Waals surface area contributed by atoms with Gasteiger partial charge in [-0.3, -0.25) is 13.9 Å². The van der Waals surface area contributed by atoms with E-state index in [9.17, 15) is 9.59 Å². The van der Waals surface area contributed by atoms with E-state index in [1.165, 1.54) is 9.13 Å². The van der Waals surface area contributed by atoms with Crippen LogP contribution in [-0.4, -0.2) is 45.1 Å². The Labute approximate surface area is 180 Å². The van der Waals surface area contributed by atoms with E-state index in [-0.39, 0.29) is 17.8 Å². The zero-order valence-corrected chi connectivity index (χ0v) is 18.5. The fourth-order valence-corrected chi connectivity index (χ4v) is 4.11. The van der Waals surface area contributed by atoms with Gasteiger partial charge in [0.15, 0.2) is 11.2 Å². The average molecular weight is 428 g/mol. The molecule has 0 radical (unpaired) electrons. The minimum absolute atomic E-state index is 0.216. The molecule has 0 amide bonds. The third-order valence-electron chi connectivity index (χ3n) is 5.56. The first-order valence-electron chi connectivity index (χ1n) is 10.7. The molecule has 3 aromatic rings. The second-order valence-corrected chi connectivity index (χ2v) is 7.83. The Balaban J connectivity index is 1.85. The maximum Gasteiger partial charge on any atom is 0.332 e. The molecule has 166 valence electrons. The van der Waals surface area contributed by atoms with Crippen LogP contribution in [-0.2, 0) is 24.9 Å². The van der Waals surface area contributed by atoms with Crippen LogP contribution in [0.5, 0.6) is 5.75 Å². The molecule has 31 heavy (non-hydrogen) atoms. The van der Waals surface area contributed by atoms with Crippen LogP contribution >= 0.6 is 0 Å². The average Bonchev–Trinajstić information content (AvgIpc) is 3.14. The van der Waals surface area contributed by atoms with E-state index >= 15 is 0 Å². The molecule has 1 aromatic carbocycles. The van der Waals surface area contributed by atoms with Crippen molar-refractivity contribution in [1.82, 2.24) is 18.7 Å². The number of ether oxygens (including phenoxy) is 2. The monoisotopic (exact) mass is 427 g/mol. The largest absolute Gasteiger partial charge is 0.494 e. The normalized spacial score (nSPS) is 16.0. The fourth-order valence-electron chi connectivity index (χ4n) is 4.11. The number of anilines is 2. The number of aryl methyl sites for hydroxylation is 1. The van der Waals surface area contributed by atoms with Crippen LogP contribution in [0.4, 0.5) is 11.6 Å². The van der Waals surface area contributed by atoms with Crippen molar-refractivity contribution in [3.05, 3.63) is 45.1 Å². The molecule has 0 bridgehead atoms. The van der Waals surface area contributed by atoms with E-state index in [4.69, 9.17) is 14.5 Å². The van der Waals surface area contributed by atoms with Gasteiger partial charge in [-0.25, -0.2) is 4.79 Å². The van der Waals surface area contributed by atoms with Gasteiger partial charge in [-0.2, -0.15) is 4.98 Å². The molecule has 2 aromatic heterocycles. The van der Waals surface area contributed by atoms with Crippen LogP contribution in [0.15, 0.2) is 33.9 Å². The van der Waals surface area contributed by atoms with Gasteiger partial charge in [0.1, 0.15) is 5.75 Å². The van der Waals surface area contributed by atoms with E-state index in [1.807, 2.05) is 42.7 Å². The minimum atomic E-state index is -0.381. The molecule has 1 atom stereocenters. The van der Waals surface area contributed by atoms with Crippen molar-refractivity contribution in [3.8, 4) is 5.75 Å². The summed E-state index contributed by atoms with van der Waals surface area (Å²) in [5, 5.41) is 0. The Hall–Kier alpha value is -3.07. The third-order valence-corrected chi connectivity index (χ3v) is 5.56. The summed E-state index contributed by atoms with van der Waals surface area (Å²) in [4.78, 5) is 32.9. The molecule has 9 nitrogen and oxygen atoms in total. The summed E-state index contributed by atoms with van der Waals surface area (Å²) in [7, 11) is 1.66. The lowest BCUT2D eigenvalue weighted by Crippen LogP contribution is -2.41. The summed E-state index contributed by atoms with van der Waals surface area (Å²) >= 11 is 0. The Morgan fingerprint density at radius 1 is 1.10 bits per heavy atom. The number of aromatic nitrogens is 4. The first kappa shape index (κ1) is 21.2. The van der Waals surface area contributed by atoms with Gasteiger partial charge >= 0.3 is 5.69 Å². The molecule has 1 aliphatic heterocycles. The Morgan fingerprint density at radius 2 is 1.84 bits per heavy atom. The van der Waals surface area contributed by atoms with E-state index in [0.717, 1.165) is 18.0 Å². The summed E-state index contributed by atoms with van der Waals surface area (Å²) in [6.45, 7) is 9.09. The zero-order valence-electron chi connectivity index (χ0n) is 18.5. The summed E-state index contributed by atoms with van der Waals surface area (Å²) in [5.74, 6) is 1.78. The predicted molar refractivity (Wildman–Crippen MR) is 120 cm³/mol. The number of imidazole rings is 1. The minimum Gasteiger partial charge on any atom is -0.494 e. The van der Waals surface area contributed by atoms with E-state index < -0.39 is 0 Å². The van der Waals surface area contributed by atoms with Crippen molar-refractivity contribution in [1.29, 1.82) is 0 Å². The van der Waals surface area contributed by atoms with E-state index in [0.29, 0.717) is 49.4 Å². The number of benzene rings is 1. The van der Waals surface area contributed by atoms with Crippen LogP contribution in [0.1, 0.15) is 20.8 Å². The molecule has 3 heterocycles. The van der Waals surface area contributed by atoms with Gasteiger partial charge in [-0.15, -0.1) is 0 Å². The van der Waals surface area contributed by atoms with Crippen molar-refractivity contribution >= 4 is 22.8 Å². The van der Waals surface area contributed by atoms with E-state index in [2.05, 4.69) is 11.8 Å². The molecular formula is C22H29N5O4. The lowest BCUT2D eigenvalue weighted by Gasteiger charge is -2.33. The predicted octanol–water partition coefficient (Wildman–Crippen LogP) is 2.12. The SMILES string of the molecule is CCOCCn1c(=O)c2c(nc3n2C[C@H](C)CN3c2ccc(OCC)cc2)n(C)c1=O. The third kappa shape index (κ3) is 3.74. The van der Waals surface area contributed by atoms with Gasteiger partial charge in [0, 0.05) is 32.4 Å². The van der Waals surface area contributed by atoms with Crippen LogP contribution in [0.25, 0.3) is 11.2 Å². The van der Waals surface area contributed by atoms with Crippen molar-refractivity contribution in [2.75, 3.05) is 31.3 Å². The second kappa shape index (κ2) is 8.58. The highest BCUT2D eigenvalue weighted by molar-refractivity contribution is 5.77. The van der Waals surface area contributed by atoms with Crippen molar-refractivity contribution in [2.24, 2.45) is 13.0 Å².